The van der Waals surface area contributed by atoms with Crippen LogP contribution in [0.2, 0.25) is 0 Å². The highest BCUT2D eigenvalue weighted by Crippen LogP contribution is 2.01. The van der Waals surface area contributed by atoms with E-state index in [0.29, 0.717) is 0 Å². The van der Waals surface area contributed by atoms with E-state index in [9.17, 15) is 0 Å². The van der Waals surface area contributed by atoms with Crippen LogP contribution in [0, 0.1) is 6.08 Å². The van der Waals surface area contributed by atoms with E-state index in [1.165, 1.54) is 12.8 Å². The molecular weight excluding hydrogens is 168 g/mol. The second-order valence-electron chi connectivity index (χ2n) is 3.44. The molecule has 1 rings (SSSR count). The summed E-state index contributed by atoms with van der Waals surface area (Å²) < 4.78 is 0. The molecule has 0 heteroatoms. The lowest BCUT2D eigenvalue weighted by atomic mass is 10.2. The minimum atomic E-state index is 1.05. The Morgan fingerprint density at radius 1 is 0.786 bits per heavy atom. The van der Waals surface area contributed by atoms with E-state index in [1.54, 1.807) is 0 Å². The minimum absolute atomic E-state index is 1.05. The second kappa shape index (κ2) is 8.55. The molecule has 1 aliphatic carbocycles. The van der Waals surface area contributed by atoms with Crippen LogP contribution < -0.4 is 0 Å². The van der Waals surface area contributed by atoms with Gasteiger partial charge in [0.15, 0.2) is 0 Å². The first-order chi connectivity index (χ1) is 7.00. The van der Waals surface area contributed by atoms with Gasteiger partial charge in [0.25, 0.3) is 0 Å². The third-order valence-corrected chi connectivity index (χ3v) is 2.14. The minimum Gasteiger partial charge on any atom is -0.0879 e. The Morgan fingerprint density at radius 2 is 1.71 bits per heavy atom. The van der Waals surface area contributed by atoms with Crippen molar-refractivity contribution >= 4 is 0 Å². The van der Waals surface area contributed by atoms with Gasteiger partial charge in [0.2, 0.25) is 0 Å². The second-order valence-corrected chi connectivity index (χ2v) is 3.44. The van der Waals surface area contributed by atoms with Crippen molar-refractivity contribution in [3.05, 3.63) is 48.6 Å². The quantitative estimate of drug-likeness (QED) is 0.494. The molecule has 0 N–H and O–H groups in total. The van der Waals surface area contributed by atoms with Crippen molar-refractivity contribution < 1.29 is 0 Å². The van der Waals surface area contributed by atoms with Crippen LogP contribution in [0.3, 0.4) is 0 Å². The van der Waals surface area contributed by atoms with Crippen molar-refractivity contribution in [1.29, 1.82) is 0 Å². The molecule has 0 spiro atoms. The van der Waals surface area contributed by atoms with Crippen molar-refractivity contribution in [3.63, 3.8) is 0 Å². The fourth-order valence-corrected chi connectivity index (χ4v) is 1.33. The SMILES string of the molecule is [C]1=C/CCC/C=C/C=C/C/C=C\CC/1. The van der Waals surface area contributed by atoms with Gasteiger partial charge in [-0.1, -0.05) is 42.5 Å². The number of rotatable bonds is 0. The van der Waals surface area contributed by atoms with Crippen LogP contribution in [-0.4, -0.2) is 0 Å². The number of allylic oxidation sites excluding steroid dienone is 8. The zero-order valence-corrected chi connectivity index (χ0v) is 8.78. The molecule has 75 valence electrons. The predicted molar refractivity (Wildman–Crippen MR) is 62.9 cm³/mol. The van der Waals surface area contributed by atoms with E-state index < -0.39 is 0 Å². The molecule has 0 aromatic rings. The molecule has 1 radical (unpaired) electrons. The summed E-state index contributed by atoms with van der Waals surface area (Å²) in [5, 5.41) is 0. The Bertz CT molecular complexity index is 228. The molecule has 0 aromatic heterocycles. The van der Waals surface area contributed by atoms with Gasteiger partial charge in [-0.25, -0.2) is 0 Å². The lowest BCUT2D eigenvalue weighted by molar-refractivity contribution is 0.858. The van der Waals surface area contributed by atoms with Crippen molar-refractivity contribution in [2.45, 2.75) is 38.5 Å². The predicted octanol–water partition coefficient (Wildman–Crippen LogP) is 4.37. The van der Waals surface area contributed by atoms with Crippen molar-refractivity contribution in [3.8, 4) is 0 Å². The van der Waals surface area contributed by atoms with Crippen molar-refractivity contribution in [2.24, 2.45) is 0 Å². The first kappa shape index (κ1) is 11.0. The first-order valence-corrected chi connectivity index (χ1v) is 5.52. The summed E-state index contributed by atoms with van der Waals surface area (Å²) in [6.45, 7) is 0. The van der Waals surface area contributed by atoms with E-state index in [-0.39, 0.29) is 0 Å². The van der Waals surface area contributed by atoms with Crippen LogP contribution in [0.4, 0.5) is 0 Å². The Morgan fingerprint density at radius 3 is 2.71 bits per heavy atom. The Hall–Kier alpha value is -1.04. The molecule has 0 saturated carbocycles. The van der Waals surface area contributed by atoms with Crippen LogP contribution in [0.1, 0.15) is 38.5 Å². The summed E-state index contributed by atoms with van der Waals surface area (Å²) in [7, 11) is 0. The Balaban J connectivity index is 2.34. The Kier molecular flexibility index (Phi) is 6.74. The van der Waals surface area contributed by atoms with E-state index in [1.807, 2.05) is 0 Å². The smallest absolute Gasteiger partial charge is 0.0166 e. The molecular formula is C14H19. The van der Waals surface area contributed by atoms with Gasteiger partial charge in [0, 0.05) is 0 Å². The third kappa shape index (κ3) is 6.47. The normalized spacial score (nSPS) is 28.6. The van der Waals surface area contributed by atoms with Gasteiger partial charge in [-0.2, -0.15) is 0 Å². The van der Waals surface area contributed by atoms with Crippen LogP contribution >= 0.6 is 0 Å². The van der Waals surface area contributed by atoms with Gasteiger partial charge < -0.3 is 0 Å². The fourth-order valence-electron chi connectivity index (χ4n) is 1.33. The average Bonchev–Trinajstić information content (AvgIpc) is 2.22. The maximum Gasteiger partial charge on any atom is -0.0166 e. The average molecular weight is 187 g/mol. The molecule has 1 aliphatic rings. The van der Waals surface area contributed by atoms with E-state index in [0.717, 1.165) is 25.7 Å². The molecule has 0 nitrogen and oxygen atoms in total. The molecule has 0 aromatic carbocycles. The number of hydrogen-bond acceptors (Lipinski definition) is 0. The van der Waals surface area contributed by atoms with E-state index >= 15 is 0 Å². The first-order valence-electron chi connectivity index (χ1n) is 5.52. The summed E-state index contributed by atoms with van der Waals surface area (Å²) in [5.74, 6) is 0. The maximum atomic E-state index is 3.32. The van der Waals surface area contributed by atoms with Crippen molar-refractivity contribution in [1.82, 2.24) is 0 Å². The topological polar surface area (TPSA) is 0 Å². The zero-order chi connectivity index (χ0) is 9.90. The lowest BCUT2D eigenvalue weighted by Crippen LogP contribution is -1.72. The maximum absolute atomic E-state index is 3.32. The summed E-state index contributed by atoms with van der Waals surface area (Å²) in [5.41, 5.74) is 0. The van der Waals surface area contributed by atoms with Gasteiger partial charge in [-0.3, -0.25) is 0 Å². The molecule has 0 aliphatic heterocycles. The van der Waals surface area contributed by atoms with Gasteiger partial charge in [0.05, 0.1) is 0 Å². The highest BCUT2D eigenvalue weighted by atomic mass is 13.9. The van der Waals surface area contributed by atoms with Crippen LogP contribution in [0.15, 0.2) is 42.5 Å². The molecule has 0 saturated heterocycles. The van der Waals surface area contributed by atoms with Crippen LogP contribution in [0.5, 0.6) is 0 Å². The lowest BCUT2D eigenvalue weighted by Gasteiger charge is -1.91. The standard InChI is InChI=1S/C14H19/c1-2-4-6-8-10-12-14-13-11-9-7-5-3-1/h1-4,7,9,12H,5-6,8,10-11,13H2/b3-1+,4-2+,9-7-,14-12?. The van der Waals surface area contributed by atoms with Gasteiger partial charge in [-0.15, -0.1) is 0 Å². The van der Waals surface area contributed by atoms with E-state index in [4.69, 9.17) is 0 Å². The summed E-state index contributed by atoms with van der Waals surface area (Å²) in [6.07, 6.45) is 25.5. The molecule has 0 fully saturated rings. The molecule has 0 amide bonds. The highest BCUT2D eigenvalue weighted by molar-refractivity contribution is 5.05. The summed E-state index contributed by atoms with van der Waals surface area (Å²) >= 11 is 0. The zero-order valence-electron chi connectivity index (χ0n) is 8.78. The van der Waals surface area contributed by atoms with Crippen LogP contribution in [0.25, 0.3) is 0 Å². The molecule has 0 heterocycles. The van der Waals surface area contributed by atoms with Crippen LogP contribution in [-0.2, 0) is 0 Å². The molecule has 0 bridgehead atoms. The molecule has 14 heavy (non-hydrogen) atoms. The van der Waals surface area contributed by atoms with Crippen molar-refractivity contribution in [2.75, 3.05) is 0 Å². The number of hydrogen-bond donors (Lipinski definition) is 0. The van der Waals surface area contributed by atoms with Gasteiger partial charge >= 0.3 is 0 Å². The summed E-state index contributed by atoms with van der Waals surface area (Å²) in [4.78, 5) is 0. The van der Waals surface area contributed by atoms with Gasteiger partial charge in [0.1, 0.15) is 0 Å². The highest BCUT2D eigenvalue weighted by Gasteiger charge is 1.82. The Labute approximate surface area is 87.7 Å². The molecule has 0 atom stereocenters. The fraction of sp³-hybridized carbons (Fsp3) is 0.429. The monoisotopic (exact) mass is 187 g/mol. The van der Waals surface area contributed by atoms with Gasteiger partial charge in [-0.05, 0) is 44.6 Å². The molecule has 0 unspecified atom stereocenters. The summed E-state index contributed by atoms with van der Waals surface area (Å²) in [6, 6.07) is 0. The largest absolute Gasteiger partial charge is 0.0879 e. The third-order valence-electron chi connectivity index (χ3n) is 2.14. The van der Waals surface area contributed by atoms with E-state index in [2.05, 4.69) is 48.6 Å².